The molecule has 2 saturated heterocycles. The van der Waals surface area contributed by atoms with E-state index in [0.717, 1.165) is 25.8 Å². The fraction of sp³-hybridized carbons (Fsp3) is 0.579. The van der Waals surface area contributed by atoms with Crippen LogP contribution >= 0.6 is 0 Å². The number of likely N-dealkylation sites (N-methyl/N-ethyl adjacent to an activating group) is 1. The van der Waals surface area contributed by atoms with Crippen molar-refractivity contribution in [3.8, 4) is 0 Å². The van der Waals surface area contributed by atoms with Crippen LogP contribution in [0.3, 0.4) is 0 Å². The van der Waals surface area contributed by atoms with Crippen LogP contribution < -0.4 is 10.9 Å². The van der Waals surface area contributed by atoms with Gasteiger partial charge in [0.1, 0.15) is 6.04 Å². The Morgan fingerprint density at radius 3 is 2.50 bits per heavy atom. The molecular formula is C19H28N4O3. The molecular weight excluding hydrogens is 332 g/mol. The summed E-state index contributed by atoms with van der Waals surface area (Å²) in [7, 11) is 0. The SMILES string of the molecule is CCN(CC(=O)O)C1CCN(C(=O)C2CC(c3ccccc3)NN2)CC1. The first-order valence-corrected chi connectivity index (χ1v) is 9.39. The van der Waals surface area contributed by atoms with Crippen LogP contribution in [0.1, 0.15) is 37.8 Å². The van der Waals surface area contributed by atoms with Crippen molar-refractivity contribution in [3.05, 3.63) is 35.9 Å². The fourth-order valence-corrected chi connectivity index (χ4v) is 3.97. The van der Waals surface area contributed by atoms with Crippen LogP contribution in [-0.4, -0.2) is 65.0 Å². The first-order chi connectivity index (χ1) is 12.6. The Kier molecular flexibility index (Phi) is 6.24. The Morgan fingerprint density at radius 2 is 1.88 bits per heavy atom. The van der Waals surface area contributed by atoms with E-state index in [4.69, 9.17) is 5.11 Å². The summed E-state index contributed by atoms with van der Waals surface area (Å²) in [5.41, 5.74) is 7.56. The van der Waals surface area contributed by atoms with Gasteiger partial charge in [-0.15, -0.1) is 0 Å². The van der Waals surface area contributed by atoms with E-state index in [9.17, 15) is 9.59 Å². The molecule has 7 heteroatoms. The van der Waals surface area contributed by atoms with Gasteiger partial charge in [-0.3, -0.25) is 14.5 Å². The highest BCUT2D eigenvalue weighted by molar-refractivity contribution is 5.82. The third-order valence-electron chi connectivity index (χ3n) is 5.44. The van der Waals surface area contributed by atoms with Gasteiger partial charge >= 0.3 is 5.97 Å². The van der Waals surface area contributed by atoms with E-state index < -0.39 is 5.97 Å². The zero-order valence-electron chi connectivity index (χ0n) is 15.2. The van der Waals surface area contributed by atoms with Gasteiger partial charge in [0, 0.05) is 25.2 Å². The number of hydrogen-bond donors (Lipinski definition) is 3. The summed E-state index contributed by atoms with van der Waals surface area (Å²) in [4.78, 5) is 27.7. The molecule has 3 rings (SSSR count). The van der Waals surface area contributed by atoms with Crippen molar-refractivity contribution in [1.82, 2.24) is 20.7 Å². The van der Waals surface area contributed by atoms with E-state index >= 15 is 0 Å². The predicted molar refractivity (Wildman–Crippen MR) is 98.3 cm³/mol. The largest absolute Gasteiger partial charge is 0.480 e. The molecule has 142 valence electrons. The van der Waals surface area contributed by atoms with Crippen LogP contribution in [0.25, 0.3) is 0 Å². The number of nitrogens with one attached hydrogen (secondary N) is 2. The van der Waals surface area contributed by atoms with Crippen molar-refractivity contribution in [2.45, 2.75) is 44.3 Å². The van der Waals surface area contributed by atoms with Crippen LogP contribution in [0.5, 0.6) is 0 Å². The molecule has 0 aliphatic carbocycles. The molecule has 2 aliphatic rings. The molecule has 0 spiro atoms. The van der Waals surface area contributed by atoms with Crippen LogP contribution in [0.4, 0.5) is 0 Å². The minimum absolute atomic E-state index is 0.0714. The Labute approximate surface area is 154 Å². The number of carbonyl (C=O) groups is 2. The Bertz CT molecular complexity index is 616. The maximum Gasteiger partial charge on any atom is 0.317 e. The lowest BCUT2D eigenvalue weighted by atomic mass is 9.99. The second-order valence-corrected chi connectivity index (χ2v) is 7.05. The molecule has 0 aromatic heterocycles. The second-order valence-electron chi connectivity index (χ2n) is 7.05. The molecule has 26 heavy (non-hydrogen) atoms. The van der Waals surface area contributed by atoms with Crippen molar-refractivity contribution in [1.29, 1.82) is 0 Å². The molecule has 0 saturated carbocycles. The minimum atomic E-state index is -0.793. The normalized spacial score (nSPS) is 24.2. The molecule has 2 fully saturated rings. The zero-order chi connectivity index (χ0) is 18.5. The lowest BCUT2D eigenvalue weighted by Crippen LogP contribution is -2.52. The summed E-state index contributed by atoms with van der Waals surface area (Å²) in [6, 6.07) is 10.3. The minimum Gasteiger partial charge on any atom is -0.480 e. The van der Waals surface area contributed by atoms with Gasteiger partial charge in [0.05, 0.1) is 6.54 Å². The average molecular weight is 360 g/mol. The monoisotopic (exact) mass is 360 g/mol. The number of carbonyl (C=O) groups excluding carboxylic acids is 1. The summed E-state index contributed by atoms with van der Waals surface area (Å²) in [5.74, 6) is -0.658. The summed E-state index contributed by atoms with van der Waals surface area (Å²) < 4.78 is 0. The van der Waals surface area contributed by atoms with Gasteiger partial charge in [0.2, 0.25) is 5.91 Å². The van der Waals surface area contributed by atoms with Crippen molar-refractivity contribution in [2.24, 2.45) is 0 Å². The number of piperidine rings is 1. The fourth-order valence-electron chi connectivity index (χ4n) is 3.97. The smallest absolute Gasteiger partial charge is 0.317 e. The van der Waals surface area contributed by atoms with Crippen LogP contribution in [0.15, 0.2) is 30.3 Å². The number of rotatable bonds is 6. The van der Waals surface area contributed by atoms with Gasteiger partial charge in [0.15, 0.2) is 0 Å². The zero-order valence-corrected chi connectivity index (χ0v) is 15.2. The van der Waals surface area contributed by atoms with Gasteiger partial charge in [0.25, 0.3) is 0 Å². The van der Waals surface area contributed by atoms with Crippen LogP contribution in [-0.2, 0) is 9.59 Å². The lowest BCUT2D eigenvalue weighted by Gasteiger charge is -2.38. The average Bonchev–Trinajstić information content (AvgIpc) is 3.16. The molecule has 1 amide bonds. The number of carboxylic acid groups (broad SMARTS) is 1. The van der Waals surface area contributed by atoms with Crippen LogP contribution in [0.2, 0.25) is 0 Å². The second kappa shape index (κ2) is 8.62. The summed E-state index contributed by atoms with van der Waals surface area (Å²) in [5, 5.41) is 9.03. The maximum absolute atomic E-state index is 12.8. The number of hydrogen-bond acceptors (Lipinski definition) is 5. The van der Waals surface area contributed by atoms with E-state index in [1.165, 1.54) is 5.56 Å². The first-order valence-electron chi connectivity index (χ1n) is 9.39. The van der Waals surface area contributed by atoms with Crippen molar-refractivity contribution < 1.29 is 14.7 Å². The van der Waals surface area contributed by atoms with Crippen molar-refractivity contribution in [2.75, 3.05) is 26.2 Å². The highest BCUT2D eigenvalue weighted by atomic mass is 16.4. The molecule has 3 N–H and O–H groups in total. The van der Waals surface area contributed by atoms with E-state index in [2.05, 4.69) is 23.0 Å². The first kappa shape index (κ1) is 18.8. The third-order valence-corrected chi connectivity index (χ3v) is 5.44. The maximum atomic E-state index is 12.8. The number of carboxylic acids is 1. The van der Waals surface area contributed by atoms with Crippen molar-refractivity contribution in [3.63, 3.8) is 0 Å². The number of nitrogens with zero attached hydrogens (tertiary/aromatic N) is 2. The highest BCUT2D eigenvalue weighted by Gasteiger charge is 2.35. The Morgan fingerprint density at radius 1 is 1.19 bits per heavy atom. The summed E-state index contributed by atoms with van der Waals surface area (Å²) in [6.45, 7) is 4.15. The number of amides is 1. The molecule has 1 aromatic carbocycles. The van der Waals surface area contributed by atoms with Crippen molar-refractivity contribution >= 4 is 11.9 Å². The van der Waals surface area contributed by atoms with E-state index in [1.807, 2.05) is 34.9 Å². The summed E-state index contributed by atoms with van der Waals surface area (Å²) in [6.07, 6.45) is 2.40. The summed E-state index contributed by atoms with van der Waals surface area (Å²) >= 11 is 0. The third kappa shape index (κ3) is 4.41. The quantitative estimate of drug-likeness (QED) is 0.702. The topological polar surface area (TPSA) is 84.9 Å². The molecule has 0 bridgehead atoms. The van der Waals surface area contributed by atoms with Gasteiger partial charge < -0.3 is 10.0 Å². The molecule has 0 radical (unpaired) electrons. The van der Waals surface area contributed by atoms with Gasteiger partial charge in [-0.1, -0.05) is 37.3 Å². The highest BCUT2D eigenvalue weighted by Crippen LogP contribution is 2.24. The van der Waals surface area contributed by atoms with Gasteiger partial charge in [-0.25, -0.2) is 10.9 Å². The molecule has 2 aliphatic heterocycles. The molecule has 7 nitrogen and oxygen atoms in total. The van der Waals surface area contributed by atoms with E-state index in [1.54, 1.807) is 0 Å². The standard InChI is InChI=1S/C19H28N4O3/c1-2-22(13-18(24)25)15-8-10-23(11-9-15)19(26)17-12-16(20-21-17)14-6-4-3-5-7-14/h3-7,15-17,20-21H,2,8-13H2,1H3,(H,24,25). The van der Waals surface area contributed by atoms with Crippen LogP contribution in [0, 0.1) is 0 Å². The van der Waals surface area contributed by atoms with Gasteiger partial charge in [-0.05, 0) is 31.4 Å². The molecule has 2 unspecified atom stereocenters. The number of hydrazine groups is 1. The molecule has 2 heterocycles. The van der Waals surface area contributed by atoms with E-state index in [0.29, 0.717) is 13.1 Å². The Balaban J connectivity index is 1.50. The molecule has 1 aromatic rings. The number of likely N-dealkylation sites (tertiary alicyclic amines) is 1. The lowest BCUT2D eigenvalue weighted by molar-refractivity contribution is -0.140. The number of aliphatic carboxylic acids is 1. The number of benzene rings is 1. The molecule has 2 atom stereocenters. The Hall–Kier alpha value is -1.96. The predicted octanol–water partition coefficient (Wildman–Crippen LogP) is 0.992. The van der Waals surface area contributed by atoms with E-state index in [-0.39, 0.29) is 30.6 Å². The van der Waals surface area contributed by atoms with Gasteiger partial charge in [-0.2, -0.15) is 0 Å².